The summed E-state index contributed by atoms with van der Waals surface area (Å²) in [5.41, 5.74) is 9.69. The standard InChI is InChI=1S/C13H18N2/c1-9-4-5-13-11(6-9)12(8-15(13)3)10(2)7-14/h4-6,8,10H,7,14H2,1-3H3. The van der Waals surface area contributed by atoms with E-state index in [1.807, 2.05) is 0 Å². The van der Waals surface area contributed by atoms with Crippen molar-refractivity contribution in [1.29, 1.82) is 0 Å². The Kier molecular flexibility index (Phi) is 2.53. The summed E-state index contributed by atoms with van der Waals surface area (Å²) in [6, 6.07) is 6.58. The maximum absolute atomic E-state index is 5.73. The summed E-state index contributed by atoms with van der Waals surface area (Å²) < 4.78 is 2.18. The Bertz CT molecular complexity index is 482. The van der Waals surface area contributed by atoms with E-state index in [-0.39, 0.29) is 0 Å². The highest BCUT2D eigenvalue weighted by molar-refractivity contribution is 5.85. The van der Waals surface area contributed by atoms with Gasteiger partial charge >= 0.3 is 0 Å². The van der Waals surface area contributed by atoms with Crippen LogP contribution < -0.4 is 5.73 Å². The van der Waals surface area contributed by atoms with Crippen LogP contribution in [-0.2, 0) is 7.05 Å². The Morgan fingerprint density at radius 3 is 2.80 bits per heavy atom. The van der Waals surface area contributed by atoms with Gasteiger partial charge in [-0.15, -0.1) is 0 Å². The maximum atomic E-state index is 5.73. The minimum Gasteiger partial charge on any atom is -0.350 e. The molecule has 2 aromatic rings. The monoisotopic (exact) mass is 202 g/mol. The molecule has 0 fully saturated rings. The van der Waals surface area contributed by atoms with Crippen molar-refractivity contribution in [2.24, 2.45) is 12.8 Å². The number of nitrogens with zero attached hydrogens (tertiary/aromatic N) is 1. The molecule has 1 aromatic carbocycles. The number of aromatic nitrogens is 1. The van der Waals surface area contributed by atoms with Crippen molar-refractivity contribution in [1.82, 2.24) is 4.57 Å². The third kappa shape index (κ3) is 1.65. The van der Waals surface area contributed by atoms with Crippen molar-refractivity contribution in [3.63, 3.8) is 0 Å². The van der Waals surface area contributed by atoms with E-state index in [0.717, 1.165) is 0 Å². The van der Waals surface area contributed by atoms with Gasteiger partial charge in [-0.2, -0.15) is 0 Å². The van der Waals surface area contributed by atoms with E-state index < -0.39 is 0 Å². The molecule has 80 valence electrons. The summed E-state index contributed by atoms with van der Waals surface area (Å²) in [4.78, 5) is 0. The van der Waals surface area contributed by atoms with Crippen LogP contribution in [0.4, 0.5) is 0 Å². The van der Waals surface area contributed by atoms with Crippen LogP contribution in [-0.4, -0.2) is 11.1 Å². The Balaban J connectivity index is 2.69. The first-order chi connectivity index (χ1) is 7.13. The van der Waals surface area contributed by atoms with Crippen molar-refractivity contribution in [2.75, 3.05) is 6.54 Å². The minimum atomic E-state index is 0.426. The summed E-state index contributed by atoms with van der Waals surface area (Å²) in [6.45, 7) is 5.01. The first-order valence-corrected chi connectivity index (χ1v) is 5.39. The summed E-state index contributed by atoms with van der Waals surface area (Å²) in [7, 11) is 2.09. The lowest BCUT2D eigenvalue weighted by Gasteiger charge is -2.06. The molecule has 0 amide bonds. The number of fused-ring (bicyclic) bond motifs is 1. The van der Waals surface area contributed by atoms with Crippen LogP contribution in [0.1, 0.15) is 24.0 Å². The van der Waals surface area contributed by atoms with Gasteiger partial charge in [0.25, 0.3) is 0 Å². The molecule has 0 saturated heterocycles. The van der Waals surface area contributed by atoms with Crippen LogP contribution in [0.25, 0.3) is 10.9 Å². The lowest BCUT2D eigenvalue weighted by atomic mass is 10.00. The van der Waals surface area contributed by atoms with E-state index >= 15 is 0 Å². The van der Waals surface area contributed by atoms with Crippen LogP contribution >= 0.6 is 0 Å². The highest BCUT2D eigenvalue weighted by Crippen LogP contribution is 2.27. The predicted molar refractivity (Wildman–Crippen MR) is 65.1 cm³/mol. The molecule has 0 aliphatic carbocycles. The molecule has 0 aliphatic rings. The van der Waals surface area contributed by atoms with E-state index in [1.165, 1.54) is 22.0 Å². The first kappa shape index (κ1) is 10.2. The highest BCUT2D eigenvalue weighted by atomic mass is 14.9. The number of benzene rings is 1. The second-order valence-corrected chi connectivity index (χ2v) is 4.35. The molecule has 2 rings (SSSR count). The Morgan fingerprint density at radius 1 is 1.40 bits per heavy atom. The molecule has 0 radical (unpaired) electrons. The van der Waals surface area contributed by atoms with E-state index in [2.05, 4.69) is 49.9 Å². The molecule has 0 spiro atoms. The average Bonchev–Trinajstić information content (AvgIpc) is 2.54. The second kappa shape index (κ2) is 3.70. The molecule has 0 aliphatic heterocycles. The zero-order chi connectivity index (χ0) is 11.0. The number of aryl methyl sites for hydroxylation is 2. The van der Waals surface area contributed by atoms with E-state index in [4.69, 9.17) is 5.73 Å². The van der Waals surface area contributed by atoms with Crippen LogP contribution in [0.5, 0.6) is 0 Å². The maximum Gasteiger partial charge on any atom is 0.0480 e. The van der Waals surface area contributed by atoms with E-state index in [0.29, 0.717) is 12.5 Å². The zero-order valence-corrected chi connectivity index (χ0v) is 9.62. The molecule has 15 heavy (non-hydrogen) atoms. The number of hydrogen-bond donors (Lipinski definition) is 1. The average molecular weight is 202 g/mol. The summed E-state index contributed by atoms with van der Waals surface area (Å²) in [6.07, 6.45) is 2.20. The van der Waals surface area contributed by atoms with Gasteiger partial charge in [0, 0.05) is 24.1 Å². The molecule has 1 heterocycles. The molecule has 1 unspecified atom stereocenters. The third-order valence-corrected chi connectivity index (χ3v) is 3.06. The molecular weight excluding hydrogens is 184 g/mol. The van der Waals surface area contributed by atoms with Gasteiger partial charge < -0.3 is 10.3 Å². The fourth-order valence-corrected chi connectivity index (χ4v) is 2.06. The Morgan fingerprint density at radius 2 is 2.13 bits per heavy atom. The van der Waals surface area contributed by atoms with Crippen molar-refractivity contribution < 1.29 is 0 Å². The van der Waals surface area contributed by atoms with Gasteiger partial charge in [-0.05, 0) is 37.1 Å². The SMILES string of the molecule is Cc1ccc2c(c1)c(C(C)CN)cn2C. The van der Waals surface area contributed by atoms with Crippen molar-refractivity contribution >= 4 is 10.9 Å². The van der Waals surface area contributed by atoms with Gasteiger partial charge in [0.05, 0.1) is 0 Å². The normalized spacial score (nSPS) is 13.3. The summed E-state index contributed by atoms with van der Waals surface area (Å²) in [5.74, 6) is 0.426. The number of hydrogen-bond acceptors (Lipinski definition) is 1. The number of nitrogens with two attached hydrogens (primary N) is 1. The Labute approximate surface area is 90.7 Å². The van der Waals surface area contributed by atoms with Gasteiger partial charge in [0.15, 0.2) is 0 Å². The van der Waals surface area contributed by atoms with Crippen LogP contribution in [0.2, 0.25) is 0 Å². The van der Waals surface area contributed by atoms with E-state index in [9.17, 15) is 0 Å². The summed E-state index contributed by atoms with van der Waals surface area (Å²) in [5, 5.41) is 1.34. The lowest BCUT2D eigenvalue weighted by molar-refractivity contribution is 0.774. The van der Waals surface area contributed by atoms with E-state index in [1.54, 1.807) is 0 Å². The molecule has 1 atom stereocenters. The van der Waals surface area contributed by atoms with Gasteiger partial charge in [-0.1, -0.05) is 18.6 Å². The molecule has 1 aromatic heterocycles. The van der Waals surface area contributed by atoms with Crippen LogP contribution in [0.3, 0.4) is 0 Å². The van der Waals surface area contributed by atoms with Crippen molar-refractivity contribution in [3.05, 3.63) is 35.5 Å². The van der Waals surface area contributed by atoms with Gasteiger partial charge in [-0.3, -0.25) is 0 Å². The van der Waals surface area contributed by atoms with Gasteiger partial charge in [0.1, 0.15) is 0 Å². The van der Waals surface area contributed by atoms with Crippen LogP contribution in [0.15, 0.2) is 24.4 Å². The smallest absolute Gasteiger partial charge is 0.0480 e. The fraction of sp³-hybridized carbons (Fsp3) is 0.385. The minimum absolute atomic E-state index is 0.426. The Hall–Kier alpha value is -1.28. The molecule has 2 heteroatoms. The molecule has 2 N–H and O–H groups in total. The first-order valence-electron chi connectivity index (χ1n) is 5.39. The number of rotatable bonds is 2. The topological polar surface area (TPSA) is 30.9 Å². The highest BCUT2D eigenvalue weighted by Gasteiger charge is 2.11. The fourth-order valence-electron chi connectivity index (χ4n) is 2.06. The second-order valence-electron chi connectivity index (χ2n) is 4.35. The lowest BCUT2D eigenvalue weighted by Crippen LogP contribution is -2.08. The predicted octanol–water partition coefficient (Wildman–Crippen LogP) is 2.55. The molecule has 2 nitrogen and oxygen atoms in total. The molecular formula is C13H18N2. The summed E-state index contributed by atoms with van der Waals surface area (Å²) >= 11 is 0. The van der Waals surface area contributed by atoms with Gasteiger partial charge in [-0.25, -0.2) is 0 Å². The zero-order valence-electron chi connectivity index (χ0n) is 9.62. The molecule has 0 bridgehead atoms. The third-order valence-electron chi connectivity index (χ3n) is 3.06. The van der Waals surface area contributed by atoms with Crippen LogP contribution in [0, 0.1) is 6.92 Å². The largest absolute Gasteiger partial charge is 0.350 e. The van der Waals surface area contributed by atoms with Crippen molar-refractivity contribution in [2.45, 2.75) is 19.8 Å². The van der Waals surface area contributed by atoms with Crippen molar-refractivity contribution in [3.8, 4) is 0 Å². The van der Waals surface area contributed by atoms with Gasteiger partial charge in [0.2, 0.25) is 0 Å². The quantitative estimate of drug-likeness (QED) is 0.797. The molecule has 0 saturated carbocycles.